The zero-order chi connectivity index (χ0) is 26.5. The average Bonchev–Trinajstić information content (AvgIpc) is 3.10. The number of carbonyl (C=O) groups excluding carboxylic acids is 4. The summed E-state index contributed by atoms with van der Waals surface area (Å²) in [4.78, 5) is 51.1. The maximum absolute atomic E-state index is 13.0. The molecule has 8 nitrogen and oxygen atoms in total. The molecule has 0 radical (unpaired) electrons. The predicted molar refractivity (Wildman–Crippen MR) is 139 cm³/mol. The van der Waals surface area contributed by atoms with E-state index >= 15 is 0 Å². The second-order valence-electron chi connectivity index (χ2n) is 8.23. The topological polar surface area (TPSA) is 102 Å². The van der Waals surface area contributed by atoms with E-state index in [1.165, 1.54) is 36.4 Å². The van der Waals surface area contributed by atoms with Gasteiger partial charge in [-0.3, -0.25) is 9.59 Å². The molecule has 1 aliphatic rings. The van der Waals surface area contributed by atoms with Gasteiger partial charge in [-0.25, -0.2) is 14.5 Å². The molecule has 0 unspecified atom stereocenters. The van der Waals surface area contributed by atoms with Gasteiger partial charge in [-0.15, -0.1) is 0 Å². The van der Waals surface area contributed by atoms with Crippen LogP contribution in [0.3, 0.4) is 0 Å². The van der Waals surface area contributed by atoms with Gasteiger partial charge in [0.1, 0.15) is 16.5 Å². The van der Waals surface area contributed by atoms with E-state index in [2.05, 4.69) is 5.32 Å². The number of rotatable bonds is 8. The second-order valence-corrected chi connectivity index (χ2v) is 8.60. The van der Waals surface area contributed by atoms with E-state index in [1.54, 1.807) is 30.3 Å². The smallest absolute Gasteiger partial charge is 0.343 e. The van der Waals surface area contributed by atoms with Crippen molar-refractivity contribution >= 4 is 46.7 Å². The Morgan fingerprint density at radius 3 is 2.19 bits per heavy atom. The Kier molecular flexibility index (Phi) is 7.69. The standard InChI is InChI=1S/C28H23ClN2O6/c1-3-15-36-27(34)18-9-13-21(14-10-18)31-25(32)23(29)24(26(31)33)30-20-11-7-19(8-12-20)28(35)37-22-6-4-5-17(2)16-22/h4-14,16,30H,3,15H2,1-2H3. The van der Waals surface area contributed by atoms with Crippen molar-refractivity contribution in [2.45, 2.75) is 20.3 Å². The van der Waals surface area contributed by atoms with Crippen molar-refractivity contribution in [3.63, 3.8) is 0 Å². The van der Waals surface area contributed by atoms with E-state index in [-0.39, 0.29) is 16.4 Å². The summed E-state index contributed by atoms with van der Waals surface area (Å²) < 4.78 is 10.5. The molecule has 0 bridgehead atoms. The van der Waals surface area contributed by atoms with E-state index in [0.29, 0.717) is 35.6 Å². The first-order valence-electron chi connectivity index (χ1n) is 11.5. The summed E-state index contributed by atoms with van der Waals surface area (Å²) >= 11 is 6.20. The fourth-order valence-corrected chi connectivity index (χ4v) is 3.76. The molecule has 4 rings (SSSR count). The Morgan fingerprint density at radius 2 is 1.54 bits per heavy atom. The van der Waals surface area contributed by atoms with Crippen LogP contribution < -0.4 is 15.0 Å². The largest absolute Gasteiger partial charge is 0.462 e. The number of amides is 2. The molecular weight excluding hydrogens is 496 g/mol. The van der Waals surface area contributed by atoms with Crippen molar-refractivity contribution < 1.29 is 28.7 Å². The first-order chi connectivity index (χ1) is 17.8. The van der Waals surface area contributed by atoms with Crippen LogP contribution in [0.15, 0.2) is 83.5 Å². The summed E-state index contributed by atoms with van der Waals surface area (Å²) in [6, 6.07) is 19.2. The third kappa shape index (κ3) is 5.70. The molecule has 188 valence electrons. The van der Waals surface area contributed by atoms with Crippen LogP contribution in [0.5, 0.6) is 5.75 Å². The molecule has 0 fully saturated rings. The number of esters is 2. The Balaban J connectivity index is 1.44. The zero-order valence-corrected chi connectivity index (χ0v) is 20.9. The summed E-state index contributed by atoms with van der Waals surface area (Å²) in [7, 11) is 0. The molecule has 0 atom stereocenters. The summed E-state index contributed by atoms with van der Waals surface area (Å²) in [6.45, 7) is 4.08. The summed E-state index contributed by atoms with van der Waals surface area (Å²) in [5.41, 5.74) is 2.16. The van der Waals surface area contributed by atoms with E-state index in [1.807, 2.05) is 19.9 Å². The van der Waals surface area contributed by atoms with Gasteiger partial charge in [0.05, 0.1) is 23.4 Å². The molecule has 0 saturated carbocycles. The van der Waals surface area contributed by atoms with Gasteiger partial charge in [0.2, 0.25) is 0 Å². The first kappa shape index (κ1) is 25.7. The number of nitrogens with zero attached hydrogens (tertiary/aromatic N) is 1. The molecular formula is C28H23ClN2O6. The van der Waals surface area contributed by atoms with Gasteiger partial charge in [0, 0.05) is 5.69 Å². The molecule has 3 aromatic rings. The number of hydrogen-bond donors (Lipinski definition) is 1. The Labute approximate surface area is 218 Å². The number of anilines is 2. The number of hydrogen-bond acceptors (Lipinski definition) is 7. The van der Waals surface area contributed by atoms with Crippen LogP contribution >= 0.6 is 11.6 Å². The maximum Gasteiger partial charge on any atom is 0.343 e. The van der Waals surface area contributed by atoms with Gasteiger partial charge in [-0.1, -0.05) is 30.7 Å². The molecule has 9 heteroatoms. The fourth-order valence-electron chi connectivity index (χ4n) is 3.55. The normalized spacial score (nSPS) is 13.1. The molecule has 0 saturated heterocycles. The highest BCUT2D eigenvalue weighted by atomic mass is 35.5. The maximum atomic E-state index is 13.0. The molecule has 1 heterocycles. The number of benzene rings is 3. The van der Waals surface area contributed by atoms with Crippen LogP contribution in [-0.4, -0.2) is 30.4 Å². The lowest BCUT2D eigenvalue weighted by Gasteiger charge is -2.15. The number of aryl methyl sites for hydroxylation is 1. The van der Waals surface area contributed by atoms with Gasteiger partial charge in [0.25, 0.3) is 11.8 Å². The zero-order valence-electron chi connectivity index (χ0n) is 20.1. The van der Waals surface area contributed by atoms with Crippen molar-refractivity contribution in [1.29, 1.82) is 0 Å². The fraction of sp³-hybridized carbons (Fsp3) is 0.143. The quantitative estimate of drug-likeness (QED) is 0.248. The number of carbonyl (C=O) groups is 4. The molecule has 0 spiro atoms. The highest BCUT2D eigenvalue weighted by Crippen LogP contribution is 2.30. The lowest BCUT2D eigenvalue weighted by atomic mass is 10.2. The van der Waals surface area contributed by atoms with Gasteiger partial charge < -0.3 is 14.8 Å². The molecule has 1 N–H and O–H groups in total. The minimum atomic E-state index is -0.700. The van der Waals surface area contributed by atoms with Gasteiger partial charge in [0.15, 0.2) is 0 Å². The van der Waals surface area contributed by atoms with Crippen molar-refractivity contribution in [1.82, 2.24) is 0 Å². The van der Waals surface area contributed by atoms with E-state index in [9.17, 15) is 19.2 Å². The van der Waals surface area contributed by atoms with E-state index in [4.69, 9.17) is 21.1 Å². The average molecular weight is 519 g/mol. The van der Waals surface area contributed by atoms with Crippen molar-refractivity contribution in [2.24, 2.45) is 0 Å². The van der Waals surface area contributed by atoms with Gasteiger partial charge >= 0.3 is 11.9 Å². The van der Waals surface area contributed by atoms with Crippen LogP contribution in [0.1, 0.15) is 39.6 Å². The van der Waals surface area contributed by atoms with Crippen LogP contribution in [0.2, 0.25) is 0 Å². The summed E-state index contributed by atoms with van der Waals surface area (Å²) in [5.74, 6) is -1.94. The first-order valence-corrected chi connectivity index (χ1v) is 11.9. The Bertz CT molecular complexity index is 1400. The molecule has 3 aromatic carbocycles. The SMILES string of the molecule is CCCOC(=O)c1ccc(N2C(=O)C(Cl)=C(Nc3ccc(C(=O)Oc4cccc(C)c4)cc3)C2=O)cc1. The minimum Gasteiger partial charge on any atom is -0.462 e. The Hall–Kier alpha value is -4.43. The van der Waals surface area contributed by atoms with Crippen LogP contribution in [0, 0.1) is 6.92 Å². The second kappa shape index (κ2) is 11.1. The predicted octanol–water partition coefficient (Wildman–Crippen LogP) is 5.22. The molecule has 0 aliphatic carbocycles. The van der Waals surface area contributed by atoms with Crippen molar-refractivity contribution in [3.05, 3.63) is 100 Å². The van der Waals surface area contributed by atoms with Gasteiger partial charge in [-0.05, 0) is 79.6 Å². The van der Waals surface area contributed by atoms with Crippen LogP contribution in [0.25, 0.3) is 0 Å². The number of nitrogens with one attached hydrogen (secondary N) is 1. The van der Waals surface area contributed by atoms with E-state index in [0.717, 1.165) is 10.5 Å². The summed E-state index contributed by atoms with van der Waals surface area (Å²) in [6.07, 6.45) is 0.695. The van der Waals surface area contributed by atoms with Crippen molar-refractivity contribution in [2.75, 3.05) is 16.8 Å². The monoisotopic (exact) mass is 518 g/mol. The Morgan fingerprint density at radius 1 is 0.892 bits per heavy atom. The minimum absolute atomic E-state index is 0.104. The molecule has 2 amide bonds. The summed E-state index contributed by atoms with van der Waals surface area (Å²) in [5, 5.41) is 2.58. The van der Waals surface area contributed by atoms with Crippen LogP contribution in [-0.2, 0) is 14.3 Å². The molecule has 1 aliphatic heterocycles. The lowest BCUT2D eigenvalue weighted by Crippen LogP contribution is -2.32. The third-order valence-electron chi connectivity index (χ3n) is 5.42. The van der Waals surface area contributed by atoms with Crippen LogP contribution in [0.4, 0.5) is 11.4 Å². The van der Waals surface area contributed by atoms with E-state index < -0.39 is 23.8 Å². The highest BCUT2D eigenvalue weighted by Gasteiger charge is 2.39. The lowest BCUT2D eigenvalue weighted by molar-refractivity contribution is -0.120. The number of imide groups is 1. The van der Waals surface area contributed by atoms with Gasteiger partial charge in [-0.2, -0.15) is 0 Å². The molecule has 0 aromatic heterocycles. The number of halogens is 1. The molecule has 37 heavy (non-hydrogen) atoms. The third-order valence-corrected chi connectivity index (χ3v) is 5.77. The number of ether oxygens (including phenoxy) is 2. The van der Waals surface area contributed by atoms with Crippen molar-refractivity contribution in [3.8, 4) is 5.75 Å². The highest BCUT2D eigenvalue weighted by molar-refractivity contribution is 6.53.